The van der Waals surface area contributed by atoms with Crippen LogP contribution in [0.2, 0.25) is 0 Å². The fourth-order valence-corrected chi connectivity index (χ4v) is 2.69. The summed E-state index contributed by atoms with van der Waals surface area (Å²) in [4.78, 5) is 0. The number of hydrogen-bond acceptors (Lipinski definition) is 5. The van der Waals surface area contributed by atoms with Crippen LogP contribution in [0.1, 0.15) is 22.8 Å². The van der Waals surface area contributed by atoms with Crippen LogP contribution in [0.4, 0.5) is 0 Å². The van der Waals surface area contributed by atoms with Crippen molar-refractivity contribution < 1.29 is 19.3 Å². The third kappa shape index (κ3) is 3.80. The van der Waals surface area contributed by atoms with Gasteiger partial charge in [-0.15, -0.1) is 0 Å². The van der Waals surface area contributed by atoms with Crippen LogP contribution in [-0.4, -0.2) is 32.0 Å². The summed E-state index contributed by atoms with van der Waals surface area (Å²) >= 11 is 0. The van der Waals surface area contributed by atoms with Crippen molar-refractivity contribution in [3.05, 3.63) is 53.1 Å². The standard InChI is InChI=1S/C19H23NO4/c1-13-3-5-15(6-4-13)16(21)12-20-11-14-9-17(22-2)19-18(10-14)23-7-8-24-19/h3-6,9-10,16,20-21H,7-8,11-12H2,1-2H3/t16-/m0/s1. The second-order valence-corrected chi connectivity index (χ2v) is 5.88. The van der Waals surface area contributed by atoms with Crippen LogP contribution in [0.5, 0.6) is 17.2 Å². The van der Waals surface area contributed by atoms with E-state index in [0.29, 0.717) is 43.6 Å². The first-order valence-corrected chi connectivity index (χ1v) is 8.09. The summed E-state index contributed by atoms with van der Waals surface area (Å²) in [5.74, 6) is 2.03. The largest absolute Gasteiger partial charge is 0.493 e. The average Bonchev–Trinajstić information content (AvgIpc) is 2.61. The summed E-state index contributed by atoms with van der Waals surface area (Å²) in [6, 6.07) is 11.8. The predicted octanol–water partition coefficient (Wildman–Crippen LogP) is 2.60. The van der Waals surface area contributed by atoms with Crippen molar-refractivity contribution in [2.24, 2.45) is 0 Å². The van der Waals surface area contributed by atoms with Gasteiger partial charge in [-0.3, -0.25) is 0 Å². The monoisotopic (exact) mass is 329 g/mol. The Morgan fingerprint density at radius 1 is 1.17 bits per heavy atom. The van der Waals surface area contributed by atoms with Crippen LogP contribution in [0.15, 0.2) is 36.4 Å². The lowest BCUT2D eigenvalue weighted by molar-refractivity contribution is 0.164. The molecule has 24 heavy (non-hydrogen) atoms. The Balaban J connectivity index is 1.61. The summed E-state index contributed by atoms with van der Waals surface area (Å²) in [5, 5.41) is 13.5. The number of fused-ring (bicyclic) bond motifs is 1. The molecule has 0 bridgehead atoms. The Kier molecular flexibility index (Phi) is 5.23. The van der Waals surface area contributed by atoms with Gasteiger partial charge in [-0.05, 0) is 30.2 Å². The van der Waals surface area contributed by atoms with Crippen molar-refractivity contribution in [2.45, 2.75) is 19.6 Å². The number of aryl methyl sites for hydroxylation is 1. The fraction of sp³-hybridized carbons (Fsp3) is 0.368. The minimum atomic E-state index is -0.537. The van der Waals surface area contributed by atoms with E-state index in [-0.39, 0.29) is 0 Å². The first-order valence-electron chi connectivity index (χ1n) is 8.09. The third-order valence-electron chi connectivity index (χ3n) is 4.02. The van der Waals surface area contributed by atoms with Gasteiger partial charge in [-0.25, -0.2) is 0 Å². The fourth-order valence-electron chi connectivity index (χ4n) is 2.69. The Labute approximate surface area is 142 Å². The molecule has 1 aliphatic rings. The molecule has 5 nitrogen and oxygen atoms in total. The average molecular weight is 329 g/mol. The van der Waals surface area contributed by atoms with Gasteiger partial charge in [0.05, 0.1) is 13.2 Å². The smallest absolute Gasteiger partial charge is 0.203 e. The summed E-state index contributed by atoms with van der Waals surface area (Å²) in [5.41, 5.74) is 3.11. The van der Waals surface area contributed by atoms with E-state index in [2.05, 4.69) is 5.32 Å². The minimum Gasteiger partial charge on any atom is -0.493 e. The van der Waals surface area contributed by atoms with Crippen molar-refractivity contribution in [2.75, 3.05) is 26.9 Å². The summed E-state index contributed by atoms with van der Waals surface area (Å²) in [7, 11) is 1.62. The molecule has 128 valence electrons. The van der Waals surface area contributed by atoms with Crippen molar-refractivity contribution >= 4 is 0 Å². The SMILES string of the molecule is COc1cc(CNC[C@H](O)c2ccc(C)cc2)cc2c1OCCO2. The number of ether oxygens (including phenoxy) is 3. The summed E-state index contributed by atoms with van der Waals surface area (Å²) in [6.07, 6.45) is -0.537. The highest BCUT2D eigenvalue weighted by Gasteiger charge is 2.18. The molecule has 0 saturated carbocycles. The molecule has 5 heteroatoms. The molecule has 2 aromatic carbocycles. The van der Waals surface area contributed by atoms with E-state index in [1.807, 2.05) is 43.3 Å². The summed E-state index contributed by atoms with van der Waals surface area (Å²) in [6.45, 7) is 4.18. The Bertz CT molecular complexity index is 667. The van der Waals surface area contributed by atoms with Gasteiger partial charge in [0.1, 0.15) is 13.2 Å². The van der Waals surface area contributed by atoms with Crippen LogP contribution >= 0.6 is 0 Å². The number of methoxy groups -OCH3 is 1. The van der Waals surface area contributed by atoms with Gasteiger partial charge in [-0.2, -0.15) is 0 Å². The summed E-state index contributed by atoms with van der Waals surface area (Å²) < 4.78 is 16.6. The highest BCUT2D eigenvalue weighted by atomic mass is 16.6. The quantitative estimate of drug-likeness (QED) is 0.853. The molecule has 0 amide bonds. The molecule has 0 aliphatic carbocycles. The molecule has 3 rings (SSSR count). The van der Waals surface area contributed by atoms with Gasteiger partial charge in [0, 0.05) is 13.1 Å². The zero-order chi connectivity index (χ0) is 16.9. The zero-order valence-electron chi connectivity index (χ0n) is 14.0. The molecule has 0 fully saturated rings. The number of aliphatic hydroxyl groups excluding tert-OH is 1. The number of hydrogen-bond donors (Lipinski definition) is 2. The molecule has 1 atom stereocenters. The zero-order valence-corrected chi connectivity index (χ0v) is 14.0. The molecule has 1 aliphatic heterocycles. The maximum Gasteiger partial charge on any atom is 0.203 e. The van der Waals surface area contributed by atoms with Gasteiger partial charge in [0.25, 0.3) is 0 Å². The molecule has 2 aromatic rings. The first-order chi connectivity index (χ1) is 11.7. The highest BCUT2D eigenvalue weighted by Crippen LogP contribution is 2.40. The Morgan fingerprint density at radius 3 is 2.67 bits per heavy atom. The second kappa shape index (κ2) is 7.55. The molecular formula is C19H23NO4. The normalized spacial score (nSPS) is 14.3. The van der Waals surface area contributed by atoms with Gasteiger partial charge >= 0.3 is 0 Å². The first kappa shape index (κ1) is 16.6. The van der Waals surface area contributed by atoms with Gasteiger partial charge in [0.2, 0.25) is 5.75 Å². The van der Waals surface area contributed by atoms with Crippen molar-refractivity contribution in [1.82, 2.24) is 5.32 Å². The van der Waals surface area contributed by atoms with E-state index in [9.17, 15) is 5.11 Å². The molecular weight excluding hydrogens is 306 g/mol. The molecule has 2 N–H and O–H groups in total. The third-order valence-corrected chi connectivity index (χ3v) is 4.02. The van der Waals surface area contributed by atoms with Gasteiger partial charge in [-0.1, -0.05) is 29.8 Å². The maximum absolute atomic E-state index is 10.3. The van der Waals surface area contributed by atoms with Crippen molar-refractivity contribution in [3.8, 4) is 17.2 Å². The van der Waals surface area contributed by atoms with E-state index in [1.54, 1.807) is 7.11 Å². The van der Waals surface area contributed by atoms with E-state index < -0.39 is 6.10 Å². The molecule has 0 spiro atoms. The van der Waals surface area contributed by atoms with E-state index in [4.69, 9.17) is 14.2 Å². The second-order valence-electron chi connectivity index (χ2n) is 5.88. The lowest BCUT2D eigenvalue weighted by Gasteiger charge is -2.21. The minimum absolute atomic E-state index is 0.472. The predicted molar refractivity (Wildman–Crippen MR) is 91.8 cm³/mol. The van der Waals surface area contributed by atoms with Crippen LogP contribution in [0.3, 0.4) is 0 Å². The van der Waals surface area contributed by atoms with Gasteiger partial charge in [0.15, 0.2) is 11.5 Å². The number of nitrogens with one attached hydrogen (secondary N) is 1. The highest BCUT2D eigenvalue weighted by molar-refractivity contribution is 5.54. The van der Waals surface area contributed by atoms with Crippen molar-refractivity contribution in [3.63, 3.8) is 0 Å². The van der Waals surface area contributed by atoms with Gasteiger partial charge < -0.3 is 24.6 Å². The van der Waals surface area contributed by atoms with E-state index >= 15 is 0 Å². The number of aliphatic hydroxyl groups is 1. The van der Waals surface area contributed by atoms with E-state index in [0.717, 1.165) is 11.1 Å². The van der Waals surface area contributed by atoms with Crippen LogP contribution in [0, 0.1) is 6.92 Å². The van der Waals surface area contributed by atoms with E-state index in [1.165, 1.54) is 5.56 Å². The van der Waals surface area contributed by atoms with Crippen LogP contribution < -0.4 is 19.5 Å². The lowest BCUT2D eigenvalue weighted by atomic mass is 10.1. The van der Waals surface area contributed by atoms with Crippen LogP contribution in [0.25, 0.3) is 0 Å². The van der Waals surface area contributed by atoms with Crippen molar-refractivity contribution in [1.29, 1.82) is 0 Å². The molecule has 1 heterocycles. The number of benzene rings is 2. The number of rotatable bonds is 6. The topological polar surface area (TPSA) is 60.0 Å². The molecule has 0 unspecified atom stereocenters. The molecule has 0 aromatic heterocycles. The lowest BCUT2D eigenvalue weighted by Crippen LogP contribution is -2.21. The maximum atomic E-state index is 10.3. The Morgan fingerprint density at radius 2 is 1.92 bits per heavy atom. The molecule has 0 radical (unpaired) electrons. The Hall–Kier alpha value is -2.24. The molecule has 0 saturated heterocycles. The van der Waals surface area contributed by atoms with Crippen LogP contribution in [-0.2, 0) is 6.54 Å².